The average Bonchev–Trinajstić information content (AvgIpc) is 2.35. The second-order valence-electron chi connectivity index (χ2n) is 4.72. The number of benzene rings is 1. The third-order valence-electron chi connectivity index (χ3n) is 3.26. The van der Waals surface area contributed by atoms with Crippen molar-refractivity contribution in [2.45, 2.75) is 18.9 Å². The average molecular weight is 269 g/mol. The third kappa shape index (κ3) is 3.15. The van der Waals surface area contributed by atoms with E-state index in [1.807, 2.05) is 0 Å². The number of nitrogens with one attached hydrogen (secondary N) is 1. The number of hydrogen-bond acceptors (Lipinski definition) is 3. The molecule has 18 heavy (non-hydrogen) atoms. The number of amides is 1. The van der Waals surface area contributed by atoms with Crippen LogP contribution in [-0.4, -0.2) is 42.1 Å². The molecule has 1 amide bonds. The Hall–Kier alpha value is -1.26. The number of hydrogen-bond donors (Lipinski definition) is 2. The highest BCUT2D eigenvalue weighted by atomic mass is 35.5. The van der Waals surface area contributed by atoms with Gasteiger partial charge in [-0.05, 0) is 51.2 Å². The molecule has 0 radical (unpaired) electrons. The Morgan fingerprint density at radius 3 is 2.72 bits per heavy atom. The van der Waals surface area contributed by atoms with Crippen LogP contribution in [-0.2, 0) is 0 Å². The van der Waals surface area contributed by atoms with Gasteiger partial charge in [0.25, 0.3) is 5.91 Å². The van der Waals surface area contributed by atoms with Gasteiger partial charge in [0.2, 0.25) is 0 Å². The summed E-state index contributed by atoms with van der Waals surface area (Å²) in [4.78, 5) is 14.2. The van der Waals surface area contributed by atoms with E-state index in [0.29, 0.717) is 5.56 Å². The normalized spacial score (nSPS) is 17.7. The zero-order valence-electron chi connectivity index (χ0n) is 10.3. The van der Waals surface area contributed by atoms with Gasteiger partial charge in [0, 0.05) is 11.6 Å². The summed E-state index contributed by atoms with van der Waals surface area (Å²) >= 11 is 5.71. The Balaban J connectivity index is 1.97. The second-order valence-corrected chi connectivity index (χ2v) is 5.12. The Bertz CT molecular complexity index is 443. The molecule has 0 spiro atoms. The lowest BCUT2D eigenvalue weighted by atomic mass is 10.0. The molecule has 1 aliphatic heterocycles. The Kier molecular flexibility index (Phi) is 4.09. The topological polar surface area (TPSA) is 52.6 Å². The van der Waals surface area contributed by atoms with Gasteiger partial charge in [-0.1, -0.05) is 11.6 Å². The van der Waals surface area contributed by atoms with E-state index in [9.17, 15) is 9.90 Å². The van der Waals surface area contributed by atoms with Crippen molar-refractivity contribution >= 4 is 17.5 Å². The maximum Gasteiger partial charge on any atom is 0.251 e. The van der Waals surface area contributed by atoms with E-state index in [1.54, 1.807) is 6.07 Å². The van der Waals surface area contributed by atoms with Crippen molar-refractivity contribution < 1.29 is 9.90 Å². The lowest BCUT2D eigenvalue weighted by Crippen LogP contribution is -2.43. The van der Waals surface area contributed by atoms with Crippen LogP contribution in [0.2, 0.25) is 5.02 Å². The summed E-state index contributed by atoms with van der Waals surface area (Å²) in [6, 6.07) is 4.76. The molecule has 1 fully saturated rings. The minimum atomic E-state index is -0.156. The Labute approximate surface area is 112 Å². The van der Waals surface area contributed by atoms with Crippen molar-refractivity contribution in [1.29, 1.82) is 0 Å². The predicted octanol–water partition coefficient (Wildman–Crippen LogP) is 1.87. The quantitative estimate of drug-likeness (QED) is 0.861. The van der Waals surface area contributed by atoms with Gasteiger partial charge in [-0.15, -0.1) is 0 Å². The maximum atomic E-state index is 12.0. The van der Waals surface area contributed by atoms with Crippen LogP contribution < -0.4 is 5.32 Å². The highest BCUT2D eigenvalue weighted by molar-refractivity contribution is 6.32. The Morgan fingerprint density at radius 1 is 1.44 bits per heavy atom. The molecule has 2 N–H and O–H groups in total. The van der Waals surface area contributed by atoms with Crippen LogP contribution in [0.5, 0.6) is 5.75 Å². The fraction of sp³-hybridized carbons (Fsp3) is 0.462. The van der Waals surface area contributed by atoms with E-state index in [4.69, 9.17) is 11.6 Å². The number of likely N-dealkylation sites (tertiary alicyclic amines) is 1. The van der Waals surface area contributed by atoms with Crippen molar-refractivity contribution in [3.05, 3.63) is 28.8 Å². The lowest BCUT2D eigenvalue weighted by Gasteiger charge is -2.29. The molecular weight excluding hydrogens is 252 g/mol. The first-order valence-corrected chi connectivity index (χ1v) is 6.42. The minimum absolute atomic E-state index is 0.0623. The van der Waals surface area contributed by atoms with Gasteiger partial charge >= 0.3 is 0 Å². The highest BCUT2D eigenvalue weighted by Gasteiger charge is 2.19. The summed E-state index contributed by atoms with van der Waals surface area (Å²) in [6.07, 6.45) is 1.92. The molecule has 0 aliphatic carbocycles. The van der Waals surface area contributed by atoms with Crippen LogP contribution in [0.15, 0.2) is 18.2 Å². The zero-order chi connectivity index (χ0) is 13.1. The van der Waals surface area contributed by atoms with Crippen molar-refractivity contribution in [1.82, 2.24) is 10.2 Å². The first-order chi connectivity index (χ1) is 8.56. The SMILES string of the molecule is CN1CCC(NC(=O)c2ccc(Cl)c(O)c2)CC1. The predicted molar refractivity (Wildman–Crippen MR) is 71.1 cm³/mol. The molecule has 1 saturated heterocycles. The van der Waals surface area contributed by atoms with Gasteiger partial charge in [0.05, 0.1) is 5.02 Å². The fourth-order valence-corrected chi connectivity index (χ4v) is 2.19. The van der Waals surface area contributed by atoms with E-state index in [-0.39, 0.29) is 22.7 Å². The molecule has 5 heteroatoms. The molecule has 1 heterocycles. The van der Waals surface area contributed by atoms with Crippen LogP contribution in [0.1, 0.15) is 23.2 Å². The molecule has 1 aliphatic rings. The van der Waals surface area contributed by atoms with Crippen LogP contribution >= 0.6 is 11.6 Å². The molecule has 0 aromatic heterocycles. The molecule has 2 rings (SSSR count). The number of carbonyl (C=O) groups is 1. The number of halogens is 1. The molecule has 0 bridgehead atoms. The van der Waals surface area contributed by atoms with Crippen LogP contribution in [0.4, 0.5) is 0 Å². The summed E-state index contributed by atoms with van der Waals surface area (Å²) in [5.74, 6) is -0.218. The van der Waals surface area contributed by atoms with Gasteiger partial charge in [0.1, 0.15) is 5.75 Å². The molecule has 0 unspecified atom stereocenters. The van der Waals surface area contributed by atoms with Crippen molar-refractivity contribution in [3.63, 3.8) is 0 Å². The molecule has 1 aromatic carbocycles. The van der Waals surface area contributed by atoms with E-state index in [2.05, 4.69) is 17.3 Å². The van der Waals surface area contributed by atoms with Crippen molar-refractivity contribution in [2.75, 3.05) is 20.1 Å². The smallest absolute Gasteiger partial charge is 0.251 e. The molecule has 4 nitrogen and oxygen atoms in total. The van der Waals surface area contributed by atoms with Crippen LogP contribution in [0.3, 0.4) is 0 Å². The number of aromatic hydroxyl groups is 1. The molecule has 1 aromatic rings. The molecular formula is C13H17ClN2O2. The van der Waals surface area contributed by atoms with E-state index < -0.39 is 0 Å². The van der Waals surface area contributed by atoms with Crippen LogP contribution in [0, 0.1) is 0 Å². The summed E-state index contributed by atoms with van der Waals surface area (Å²) in [5.41, 5.74) is 0.441. The number of phenols is 1. The lowest BCUT2D eigenvalue weighted by molar-refractivity contribution is 0.0916. The van der Waals surface area contributed by atoms with Crippen molar-refractivity contribution in [3.8, 4) is 5.75 Å². The maximum absolute atomic E-state index is 12.0. The van der Waals surface area contributed by atoms with Crippen LogP contribution in [0.25, 0.3) is 0 Å². The first-order valence-electron chi connectivity index (χ1n) is 6.04. The number of piperidine rings is 1. The van der Waals surface area contributed by atoms with Gasteiger partial charge in [-0.3, -0.25) is 4.79 Å². The number of nitrogens with zero attached hydrogens (tertiary/aromatic N) is 1. The van der Waals surface area contributed by atoms with Crippen molar-refractivity contribution in [2.24, 2.45) is 0 Å². The largest absolute Gasteiger partial charge is 0.506 e. The second kappa shape index (κ2) is 5.59. The van der Waals surface area contributed by atoms with E-state index >= 15 is 0 Å². The fourth-order valence-electron chi connectivity index (χ4n) is 2.08. The molecule has 98 valence electrons. The van der Waals surface area contributed by atoms with E-state index in [0.717, 1.165) is 25.9 Å². The Morgan fingerprint density at radius 2 is 2.11 bits per heavy atom. The van der Waals surface area contributed by atoms with Gasteiger partial charge in [0.15, 0.2) is 0 Å². The standard InChI is InChI=1S/C13H17ClN2O2/c1-16-6-4-10(5-7-16)15-13(18)9-2-3-11(14)12(17)8-9/h2-3,8,10,17H,4-7H2,1H3,(H,15,18). The minimum Gasteiger partial charge on any atom is -0.506 e. The highest BCUT2D eigenvalue weighted by Crippen LogP contribution is 2.23. The monoisotopic (exact) mass is 268 g/mol. The summed E-state index contributed by atoms with van der Waals surface area (Å²) in [7, 11) is 2.08. The third-order valence-corrected chi connectivity index (χ3v) is 3.58. The number of rotatable bonds is 2. The molecule has 0 atom stereocenters. The van der Waals surface area contributed by atoms with Gasteiger partial charge < -0.3 is 15.3 Å². The summed E-state index contributed by atoms with van der Waals surface area (Å²) < 4.78 is 0. The van der Waals surface area contributed by atoms with Gasteiger partial charge in [-0.2, -0.15) is 0 Å². The molecule has 0 saturated carbocycles. The van der Waals surface area contributed by atoms with E-state index in [1.165, 1.54) is 12.1 Å². The summed E-state index contributed by atoms with van der Waals surface area (Å²) in [5, 5.41) is 12.7. The summed E-state index contributed by atoms with van der Waals surface area (Å²) in [6.45, 7) is 1.99. The zero-order valence-corrected chi connectivity index (χ0v) is 11.1. The van der Waals surface area contributed by atoms with Gasteiger partial charge in [-0.25, -0.2) is 0 Å². The first kappa shape index (κ1) is 13.2. The number of phenolic OH excluding ortho intramolecular Hbond substituents is 1. The number of carbonyl (C=O) groups excluding carboxylic acids is 1.